The van der Waals surface area contributed by atoms with Crippen LogP contribution in [-0.4, -0.2) is 44.5 Å². The largest absolute Gasteiger partial charge is 0.356 e. The van der Waals surface area contributed by atoms with E-state index in [0.29, 0.717) is 18.9 Å². The number of sulfonamides is 1. The normalized spacial score (nSPS) is 11.9. The summed E-state index contributed by atoms with van der Waals surface area (Å²) in [6.07, 6.45) is 1.73. The summed E-state index contributed by atoms with van der Waals surface area (Å²) in [5, 5.41) is 2.77. The molecule has 0 aromatic heterocycles. The summed E-state index contributed by atoms with van der Waals surface area (Å²) < 4.78 is 37.8. The van der Waals surface area contributed by atoms with Gasteiger partial charge in [-0.1, -0.05) is 26.0 Å². The van der Waals surface area contributed by atoms with Crippen molar-refractivity contribution in [2.24, 2.45) is 5.92 Å². The lowest BCUT2D eigenvalue weighted by Gasteiger charge is -2.20. The minimum Gasteiger partial charge on any atom is -0.356 e. The Labute approximate surface area is 137 Å². The van der Waals surface area contributed by atoms with Crippen LogP contribution in [0.5, 0.6) is 0 Å². The second-order valence-electron chi connectivity index (χ2n) is 5.99. The fourth-order valence-electron chi connectivity index (χ4n) is 1.98. The van der Waals surface area contributed by atoms with Gasteiger partial charge < -0.3 is 5.32 Å². The third kappa shape index (κ3) is 8.08. The molecule has 5 nitrogen and oxygen atoms in total. The molecule has 130 valence electrons. The number of benzene rings is 1. The standard InChI is InChI=1S/C16H25FN2O3S/c1-13(2)12-18-16(20)9-11-19(23(3,21)22)10-8-14-4-6-15(17)7-5-14/h4-7,13H,8-12H2,1-3H3,(H,18,20). The number of carbonyl (C=O) groups excluding carboxylic acids is 1. The molecular formula is C16H25FN2O3S. The first-order valence-electron chi connectivity index (χ1n) is 7.64. The molecule has 0 aliphatic heterocycles. The number of nitrogens with one attached hydrogen (secondary N) is 1. The van der Waals surface area contributed by atoms with Gasteiger partial charge in [0.25, 0.3) is 0 Å². The Kier molecular flexibility index (Phi) is 7.64. The predicted molar refractivity (Wildman–Crippen MR) is 89.0 cm³/mol. The number of hydrogen-bond donors (Lipinski definition) is 1. The summed E-state index contributed by atoms with van der Waals surface area (Å²) in [7, 11) is -3.39. The molecule has 7 heteroatoms. The summed E-state index contributed by atoms with van der Waals surface area (Å²) in [6, 6.07) is 5.95. The van der Waals surface area contributed by atoms with Crippen molar-refractivity contribution in [3.63, 3.8) is 0 Å². The second kappa shape index (κ2) is 8.98. The van der Waals surface area contributed by atoms with Crippen LogP contribution in [0.4, 0.5) is 4.39 Å². The Morgan fingerprint density at radius 1 is 1.22 bits per heavy atom. The molecular weight excluding hydrogens is 319 g/mol. The zero-order valence-electron chi connectivity index (χ0n) is 13.9. The topological polar surface area (TPSA) is 66.5 Å². The highest BCUT2D eigenvalue weighted by Crippen LogP contribution is 2.07. The average Bonchev–Trinajstić information content (AvgIpc) is 2.45. The van der Waals surface area contributed by atoms with E-state index in [0.717, 1.165) is 11.8 Å². The van der Waals surface area contributed by atoms with E-state index in [1.165, 1.54) is 16.4 Å². The predicted octanol–water partition coefficient (Wildman–Crippen LogP) is 1.79. The maximum absolute atomic E-state index is 12.9. The van der Waals surface area contributed by atoms with Gasteiger partial charge in [0.1, 0.15) is 5.82 Å². The lowest BCUT2D eigenvalue weighted by atomic mass is 10.1. The molecule has 1 aromatic carbocycles. The lowest BCUT2D eigenvalue weighted by molar-refractivity contribution is -0.121. The van der Waals surface area contributed by atoms with E-state index in [-0.39, 0.29) is 31.2 Å². The fourth-order valence-corrected chi connectivity index (χ4v) is 2.83. The molecule has 1 rings (SSSR count). The third-order valence-electron chi connectivity index (χ3n) is 3.33. The molecule has 0 radical (unpaired) electrons. The molecule has 0 heterocycles. The van der Waals surface area contributed by atoms with Crippen LogP contribution in [0.1, 0.15) is 25.8 Å². The van der Waals surface area contributed by atoms with Gasteiger partial charge in [0.15, 0.2) is 0 Å². The van der Waals surface area contributed by atoms with Gasteiger partial charge in [0, 0.05) is 26.1 Å². The van der Waals surface area contributed by atoms with Crippen LogP contribution >= 0.6 is 0 Å². The van der Waals surface area contributed by atoms with Crippen LogP contribution in [0.15, 0.2) is 24.3 Å². The molecule has 0 aliphatic carbocycles. The molecule has 1 N–H and O–H groups in total. The van der Waals surface area contributed by atoms with E-state index >= 15 is 0 Å². The summed E-state index contributed by atoms with van der Waals surface area (Å²) >= 11 is 0. The lowest BCUT2D eigenvalue weighted by Crippen LogP contribution is -2.36. The summed E-state index contributed by atoms with van der Waals surface area (Å²) in [5.74, 6) is -0.131. The summed E-state index contributed by atoms with van der Waals surface area (Å²) in [6.45, 7) is 4.97. The minimum absolute atomic E-state index is 0.128. The molecule has 0 atom stereocenters. The second-order valence-corrected chi connectivity index (χ2v) is 7.97. The molecule has 0 unspecified atom stereocenters. The van der Waals surface area contributed by atoms with Crippen LogP contribution in [0.3, 0.4) is 0 Å². The van der Waals surface area contributed by atoms with E-state index in [4.69, 9.17) is 0 Å². The van der Waals surface area contributed by atoms with Gasteiger partial charge in [0.2, 0.25) is 15.9 Å². The zero-order chi connectivity index (χ0) is 17.5. The molecule has 0 spiro atoms. The van der Waals surface area contributed by atoms with E-state index in [2.05, 4.69) is 5.32 Å². The highest BCUT2D eigenvalue weighted by atomic mass is 32.2. The van der Waals surface area contributed by atoms with Gasteiger partial charge in [-0.2, -0.15) is 0 Å². The number of nitrogens with zero attached hydrogens (tertiary/aromatic N) is 1. The van der Waals surface area contributed by atoms with E-state index in [9.17, 15) is 17.6 Å². The molecule has 0 saturated carbocycles. The van der Waals surface area contributed by atoms with Gasteiger partial charge in [-0.05, 0) is 30.0 Å². The minimum atomic E-state index is -3.39. The van der Waals surface area contributed by atoms with Gasteiger partial charge in [-0.25, -0.2) is 17.1 Å². The van der Waals surface area contributed by atoms with Crippen molar-refractivity contribution in [3.8, 4) is 0 Å². The van der Waals surface area contributed by atoms with Crippen molar-refractivity contribution in [1.82, 2.24) is 9.62 Å². The van der Waals surface area contributed by atoms with Crippen LogP contribution in [0, 0.1) is 11.7 Å². The molecule has 0 fully saturated rings. The molecule has 0 aliphatic rings. The van der Waals surface area contributed by atoms with Gasteiger partial charge in [-0.15, -0.1) is 0 Å². The van der Waals surface area contributed by atoms with Crippen molar-refractivity contribution in [2.45, 2.75) is 26.7 Å². The van der Waals surface area contributed by atoms with Gasteiger partial charge in [0.05, 0.1) is 6.26 Å². The van der Waals surface area contributed by atoms with E-state index < -0.39 is 10.0 Å². The monoisotopic (exact) mass is 344 g/mol. The van der Waals surface area contributed by atoms with Crippen LogP contribution < -0.4 is 5.32 Å². The van der Waals surface area contributed by atoms with Gasteiger partial charge >= 0.3 is 0 Å². The molecule has 1 amide bonds. The number of hydrogen-bond acceptors (Lipinski definition) is 3. The van der Waals surface area contributed by atoms with Crippen molar-refractivity contribution in [3.05, 3.63) is 35.6 Å². The Bertz CT molecular complexity index is 600. The Morgan fingerprint density at radius 3 is 2.35 bits per heavy atom. The number of carbonyl (C=O) groups is 1. The maximum atomic E-state index is 12.9. The first kappa shape index (κ1) is 19.6. The molecule has 23 heavy (non-hydrogen) atoms. The van der Waals surface area contributed by atoms with E-state index in [1.807, 2.05) is 13.8 Å². The van der Waals surface area contributed by atoms with Crippen LogP contribution in [0.2, 0.25) is 0 Å². The first-order chi connectivity index (χ1) is 10.7. The maximum Gasteiger partial charge on any atom is 0.221 e. The Morgan fingerprint density at radius 2 is 1.83 bits per heavy atom. The number of rotatable bonds is 9. The third-order valence-corrected chi connectivity index (χ3v) is 4.63. The number of amides is 1. The van der Waals surface area contributed by atoms with Gasteiger partial charge in [-0.3, -0.25) is 4.79 Å². The molecule has 0 bridgehead atoms. The first-order valence-corrected chi connectivity index (χ1v) is 9.49. The highest BCUT2D eigenvalue weighted by molar-refractivity contribution is 7.88. The summed E-state index contributed by atoms with van der Waals surface area (Å²) in [5.41, 5.74) is 0.851. The van der Waals surface area contributed by atoms with E-state index in [1.54, 1.807) is 12.1 Å². The van der Waals surface area contributed by atoms with Crippen molar-refractivity contribution in [2.75, 3.05) is 25.9 Å². The van der Waals surface area contributed by atoms with Crippen LogP contribution in [-0.2, 0) is 21.2 Å². The SMILES string of the molecule is CC(C)CNC(=O)CCN(CCc1ccc(F)cc1)S(C)(=O)=O. The van der Waals surface area contributed by atoms with Crippen molar-refractivity contribution < 1.29 is 17.6 Å². The fraction of sp³-hybridized carbons (Fsp3) is 0.562. The smallest absolute Gasteiger partial charge is 0.221 e. The number of halogens is 1. The molecule has 1 aromatic rings. The zero-order valence-corrected chi connectivity index (χ0v) is 14.7. The van der Waals surface area contributed by atoms with Crippen molar-refractivity contribution >= 4 is 15.9 Å². The van der Waals surface area contributed by atoms with Crippen LogP contribution in [0.25, 0.3) is 0 Å². The molecule has 0 saturated heterocycles. The Balaban J connectivity index is 2.53. The highest BCUT2D eigenvalue weighted by Gasteiger charge is 2.17. The quantitative estimate of drug-likeness (QED) is 0.743. The average molecular weight is 344 g/mol. The van der Waals surface area contributed by atoms with Crippen molar-refractivity contribution in [1.29, 1.82) is 0 Å². The Hall–Kier alpha value is -1.47. The summed E-state index contributed by atoms with van der Waals surface area (Å²) in [4.78, 5) is 11.7.